The average Bonchev–Trinajstić information content (AvgIpc) is 3.19. The molecular weight excluding hydrogens is 400 g/mol. The lowest BCUT2D eigenvalue weighted by molar-refractivity contribution is 0.479. The standard InChI is InChI=1S/C32H24O/c33-32-25(22-11-2-1-3-12-22)19-10-20-30(32)24-14-5-4-13-23(24)21-31-28-17-8-6-15-26(28)27-16-7-9-18-29(27)31/h1-20,31,33H,21H2. The van der Waals surface area contributed by atoms with Crippen LogP contribution in [0, 0.1) is 0 Å². The summed E-state index contributed by atoms with van der Waals surface area (Å²) in [6.07, 6.45) is 0.888. The van der Waals surface area contributed by atoms with Gasteiger partial charge in [-0.25, -0.2) is 0 Å². The van der Waals surface area contributed by atoms with Gasteiger partial charge < -0.3 is 5.11 Å². The number of rotatable bonds is 4. The molecule has 0 bridgehead atoms. The van der Waals surface area contributed by atoms with Gasteiger partial charge in [0.05, 0.1) is 0 Å². The van der Waals surface area contributed by atoms with Crippen molar-refractivity contribution in [3.8, 4) is 39.1 Å². The molecule has 0 amide bonds. The fraction of sp³-hybridized carbons (Fsp3) is 0.0625. The van der Waals surface area contributed by atoms with E-state index in [0.29, 0.717) is 11.7 Å². The number of benzene rings is 5. The molecule has 0 spiro atoms. The van der Waals surface area contributed by atoms with Crippen molar-refractivity contribution in [3.63, 3.8) is 0 Å². The zero-order valence-electron chi connectivity index (χ0n) is 18.3. The zero-order valence-corrected chi connectivity index (χ0v) is 18.3. The Labute approximate surface area is 194 Å². The first-order valence-electron chi connectivity index (χ1n) is 11.4. The van der Waals surface area contributed by atoms with Crippen LogP contribution >= 0.6 is 0 Å². The third-order valence-electron chi connectivity index (χ3n) is 6.81. The van der Waals surface area contributed by atoms with Crippen molar-refractivity contribution in [1.29, 1.82) is 0 Å². The molecule has 5 aromatic carbocycles. The molecule has 1 nitrogen and oxygen atoms in total. The predicted molar refractivity (Wildman–Crippen MR) is 136 cm³/mol. The number of para-hydroxylation sites is 1. The molecule has 0 saturated heterocycles. The maximum Gasteiger partial charge on any atom is 0.131 e. The number of phenols is 1. The third kappa shape index (κ3) is 3.34. The number of fused-ring (bicyclic) bond motifs is 3. The Bertz CT molecular complexity index is 1400. The summed E-state index contributed by atoms with van der Waals surface area (Å²) in [7, 11) is 0. The summed E-state index contributed by atoms with van der Waals surface area (Å²) >= 11 is 0. The first-order chi connectivity index (χ1) is 16.3. The first-order valence-corrected chi connectivity index (χ1v) is 11.4. The molecule has 158 valence electrons. The minimum atomic E-state index is 0.304. The van der Waals surface area contributed by atoms with E-state index < -0.39 is 0 Å². The van der Waals surface area contributed by atoms with Gasteiger partial charge in [0.25, 0.3) is 0 Å². The zero-order chi connectivity index (χ0) is 22.2. The lowest BCUT2D eigenvalue weighted by atomic mass is 9.86. The van der Waals surface area contributed by atoms with E-state index >= 15 is 0 Å². The summed E-state index contributed by atoms with van der Waals surface area (Å²) < 4.78 is 0. The summed E-state index contributed by atoms with van der Waals surface area (Å²) in [5, 5.41) is 11.3. The lowest BCUT2D eigenvalue weighted by Crippen LogP contribution is -2.03. The van der Waals surface area contributed by atoms with Crippen LogP contribution in [0.4, 0.5) is 0 Å². The highest BCUT2D eigenvalue weighted by Gasteiger charge is 2.28. The molecule has 1 aliphatic rings. The molecule has 1 heteroatoms. The smallest absolute Gasteiger partial charge is 0.131 e. The summed E-state index contributed by atoms with van der Waals surface area (Å²) in [4.78, 5) is 0. The summed E-state index contributed by atoms with van der Waals surface area (Å²) in [6, 6.07) is 42.1. The number of phenolic OH excluding ortho intramolecular Hbond substituents is 1. The second-order valence-electron chi connectivity index (χ2n) is 8.66. The van der Waals surface area contributed by atoms with Crippen LogP contribution in [0.5, 0.6) is 5.75 Å². The van der Waals surface area contributed by atoms with E-state index in [1.54, 1.807) is 0 Å². The van der Waals surface area contributed by atoms with Crippen LogP contribution in [0.25, 0.3) is 33.4 Å². The van der Waals surface area contributed by atoms with Gasteiger partial charge in [0.2, 0.25) is 0 Å². The third-order valence-corrected chi connectivity index (χ3v) is 6.81. The van der Waals surface area contributed by atoms with E-state index in [0.717, 1.165) is 28.7 Å². The second kappa shape index (κ2) is 8.11. The Balaban J connectivity index is 1.45. The van der Waals surface area contributed by atoms with E-state index in [-0.39, 0.29) is 0 Å². The van der Waals surface area contributed by atoms with E-state index in [2.05, 4.69) is 72.8 Å². The highest BCUT2D eigenvalue weighted by atomic mass is 16.3. The van der Waals surface area contributed by atoms with Crippen LogP contribution < -0.4 is 0 Å². The molecule has 0 heterocycles. The molecule has 6 rings (SSSR count). The predicted octanol–water partition coefficient (Wildman–Crippen LogP) is 8.08. The van der Waals surface area contributed by atoms with Crippen molar-refractivity contribution in [2.45, 2.75) is 12.3 Å². The first kappa shape index (κ1) is 19.6. The van der Waals surface area contributed by atoms with E-state index in [4.69, 9.17) is 0 Å². The summed E-state index contributed by atoms with van der Waals surface area (Å²) in [6.45, 7) is 0. The van der Waals surface area contributed by atoms with Gasteiger partial charge in [0, 0.05) is 17.0 Å². The fourth-order valence-electron chi connectivity index (χ4n) is 5.27. The molecule has 0 unspecified atom stereocenters. The van der Waals surface area contributed by atoms with Crippen molar-refractivity contribution in [2.24, 2.45) is 0 Å². The van der Waals surface area contributed by atoms with Gasteiger partial charge in [-0.2, -0.15) is 0 Å². The quantitative estimate of drug-likeness (QED) is 0.309. The van der Waals surface area contributed by atoms with Crippen LogP contribution in [-0.2, 0) is 6.42 Å². The largest absolute Gasteiger partial charge is 0.507 e. The lowest BCUT2D eigenvalue weighted by Gasteiger charge is -2.18. The van der Waals surface area contributed by atoms with E-state index in [1.165, 1.54) is 27.8 Å². The Kier molecular flexibility index (Phi) is 4.81. The summed E-state index contributed by atoms with van der Waals surface area (Å²) in [5.74, 6) is 0.640. The van der Waals surface area contributed by atoms with Gasteiger partial charge in [-0.1, -0.05) is 121 Å². The Morgan fingerprint density at radius 3 is 1.67 bits per heavy atom. The van der Waals surface area contributed by atoms with Crippen LogP contribution in [0.2, 0.25) is 0 Å². The van der Waals surface area contributed by atoms with Gasteiger partial charge >= 0.3 is 0 Å². The van der Waals surface area contributed by atoms with Crippen molar-refractivity contribution >= 4 is 0 Å². The molecule has 0 saturated carbocycles. The van der Waals surface area contributed by atoms with Gasteiger partial charge in [0.15, 0.2) is 0 Å². The SMILES string of the molecule is Oc1c(-c2ccccc2)cccc1-c1ccccc1CC1c2ccccc2-c2ccccc21. The molecule has 0 aromatic heterocycles. The van der Waals surface area contributed by atoms with E-state index in [9.17, 15) is 5.11 Å². The van der Waals surface area contributed by atoms with Crippen LogP contribution in [0.3, 0.4) is 0 Å². The average molecular weight is 425 g/mol. The highest BCUT2D eigenvalue weighted by molar-refractivity contribution is 5.84. The molecular formula is C32H24O. The van der Waals surface area contributed by atoms with Crippen LogP contribution in [0.15, 0.2) is 121 Å². The molecule has 0 aliphatic heterocycles. The van der Waals surface area contributed by atoms with Crippen molar-refractivity contribution in [3.05, 3.63) is 138 Å². The molecule has 1 aliphatic carbocycles. The Hall–Kier alpha value is -4.10. The van der Waals surface area contributed by atoms with E-state index in [1.807, 2.05) is 48.5 Å². The molecule has 5 aromatic rings. The molecule has 0 radical (unpaired) electrons. The van der Waals surface area contributed by atoms with Gasteiger partial charge in [-0.15, -0.1) is 0 Å². The van der Waals surface area contributed by atoms with Gasteiger partial charge in [-0.05, 0) is 45.4 Å². The minimum Gasteiger partial charge on any atom is -0.507 e. The fourth-order valence-corrected chi connectivity index (χ4v) is 5.27. The Morgan fingerprint density at radius 1 is 0.455 bits per heavy atom. The Morgan fingerprint density at radius 2 is 0.970 bits per heavy atom. The molecule has 0 fully saturated rings. The van der Waals surface area contributed by atoms with Crippen molar-refractivity contribution in [1.82, 2.24) is 0 Å². The van der Waals surface area contributed by atoms with Crippen LogP contribution in [0.1, 0.15) is 22.6 Å². The van der Waals surface area contributed by atoms with Crippen molar-refractivity contribution in [2.75, 3.05) is 0 Å². The number of hydrogen-bond donors (Lipinski definition) is 1. The second-order valence-corrected chi connectivity index (χ2v) is 8.66. The normalized spacial score (nSPS) is 12.4. The molecule has 1 N–H and O–H groups in total. The van der Waals surface area contributed by atoms with Crippen molar-refractivity contribution < 1.29 is 5.11 Å². The number of hydrogen-bond acceptors (Lipinski definition) is 1. The van der Waals surface area contributed by atoms with Gasteiger partial charge in [-0.3, -0.25) is 0 Å². The topological polar surface area (TPSA) is 20.2 Å². The maximum atomic E-state index is 11.3. The number of aromatic hydroxyl groups is 1. The van der Waals surface area contributed by atoms with Gasteiger partial charge in [0.1, 0.15) is 5.75 Å². The van der Waals surface area contributed by atoms with Crippen LogP contribution in [-0.4, -0.2) is 5.11 Å². The maximum absolute atomic E-state index is 11.3. The minimum absolute atomic E-state index is 0.304. The highest BCUT2D eigenvalue weighted by Crippen LogP contribution is 2.47. The summed E-state index contributed by atoms with van der Waals surface area (Å²) in [5.41, 5.74) is 10.5. The monoisotopic (exact) mass is 424 g/mol. The molecule has 0 atom stereocenters. The molecule has 33 heavy (non-hydrogen) atoms.